The zero-order valence-corrected chi connectivity index (χ0v) is 17.2. The minimum Gasteiger partial charge on any atom is -0.375 e. The fourth-order valence-corrected chi connectivity index (χ4v) is 3.94. The smallest absolute Gasteiger partial charge is 0.193 e. The van der Waals surface area contributed by atoms with Crippen LogP contribution in [0.3, 0.4) is 0 Å². The van der Waals surface area contributed by atoms with Crippen molar-refractivity contribution >= 4 is 28.6 Å². The number of aromatic nitrogens is 2. The van der Waals surface area contributed by atoms with Crippen LogP contribution in [0.1, 0.15) is 41.4 Å². The number of aryl methyl sites for hydroxylation is 1. The quantitative estimate of drug-likeness (QED) is 0.562. The second kappa shape index (κ2) is 9.84. The summed E-state index contributed by atoms with van der Waals surface area (Å²) in [4.78, 5) is 15.7. The largest absolute Gasteiger partial charge is 0.375 e. The fourth-order valence-electron chi connectivity index (χ4n) is 2.31. The van der Waals surface area contributed by atoms with Crippen LogP contribution in [0.25, 0.3) is 0 Å². The van der Waals surface area contributed by atoms with E-state index in [1.165, 1.54) is 5.01 Å². The predicted octanol–water partition coefficient (Wildman–Crippen LogP) is 3.12. The van der Waals surface area contributed by atoms with Crippen molar-refractivity contribution < 1.29 is 4.74 Å². The van der Waals surface area contributed by atoms with Gasteiger partial charge in [-0.25, -0.2) is 9.97 Å². The van der Waals surface area contributed by atoms with E-state index in [1.807, 2.05) is 14.0 Å². The van der Waals surface area contributed by atoms with Gasteiger partial charge in [0.1, 0.15) is 11.1 Å². The van der Waals surface area contributed by atoms with Gasteiger partial charge in [-0.2, -0.15) is 0 Å². The number of thiazole rings is 2. The van der Waals surface area contributed by atoms with Gasteiger partial charge >= 0.3 is 0 Å². The molecule has 0 radical (unpaired) electrons. The topological polar surface area (TPSA) is 62.6 Å². The molecule has 0 aromatic carbocycles. The van der Waals surface area contributed by atoms with Crippen molar-refractivity contribution in [3.8, 4) is 0 Å². The van der Waals surface area contributed by atoms with Gasteiger partial charge in [-0.05, 0) is 13.3 Å². The van der Waals surface area contributed by atoms with Gasteiger partial charge < -0.3 is 15.0 Å². The van der Waals surface area contributed by atoms with Crippen molar-refractivity contribution in [1.82, 2.24) is 20.2 Å². The normalized spacial score (nSPS) is 13.1. The molecule has 0 aliphatic carbocycles. The van der Waals surface area contributed by atoms with E-state index in [2.05, 4.69) is 42.9 Å². The van der Waals surface area contributed by atoms with Crippen LogP contribution < -0.4 is 5.32 Å². The number of guanidine groups is 1. The monoisotopic (exact) mass is 381 g/mol. The van der Waals surface area contributed by atoms with E-state index >= 15 is 0 Å². The maximum Gasteiger partial charge on any atom is 0.193 e. The summed E-state index contributed by atoms with van der Waals surface area (Å²) < 4.78 is 5.32. The molecule has 138 valence electrons. The Bertz CT molecular complexity index is 682. The average molecular weight is 382 g/mol. The Morgan fingerprint density at radius 3 is 2.72 bits per heavy atom. The highest BCUT2D eigenvalue weighted by atomic mass is 32.1. The molecule has 1 N–H and O–H groups in total. The first kappa shape index (κ1) is 19.8. The van der Waals surface area contributed by atoms with Gasteiger partial charge in [-0.1, -0.05) is 6.92 Å². The summed E-state index contributed by atoms with van der Waals surface area (Å²) in [6.45, 7) is 5.67. The summed E-state index contributed by atoms with van der Waals surface area (Å²) >= 11 is 3.36. The van der Waals surface area contributed by atoms with E-state index in [4.69, 9.17) is 4.74 Å². The highest BCUT2D eigenvalue weighted by Gasteiger charge is 2.12. The van der Waals surface area contributed by atoms with Crippen molar-refractivity contribution in [2.75, 3.05) is 27.7 Å². The highest BCUT2D eigenvalue weighted by Crippen LogP contribution is 2.20. The maximum atomic E-state index is 5.32. The van der Waals surface area contributed by atoms with E-state index in [0.29, 0.717) is 6.54 Å². The molecule has 2 heterocycles. The van der Waals surface area contributed by atoms with Gasteiger partial charge in [0, 0.05) is 44.9 Å². The number of methoxy groups -OCH3 is 1. The molecule has 0 saturated heterocycles. The first-order chi connectivity index (χ1) is 12.1. The van der Waals surface area contributed by atoms with Crippen LogP contribution >= 0.6 is 22.7 Å². The molecule has 6 nitrogen and oxygen atoms in total. The molecule has 0 bridgehead atoms. The van der Waals surface area contributed by atoms with E-state index in [9.17, 15) is 0 Å². The Labute approximate surface area is 158 Å². The van der Waals surface area contributed by atoms with Crippen LogP contribution in [0.5, 0.6) is 0 Å². The summed E-state index contributed by atoms with van der Waals surface area (Å²) in [5.41, 5.74) is 2.17. The summed E-state index contributed by atoms with van der Waals surface area (Å²) in [7, 11) is 5.53. The lowest BCUT2D eigenvalue weighted by Gasteiger charge is -2.21. The lowest BCUT2D eigenvalue weighted by atomic mass is 10.3. The van der Waals surface area contributed by atoms with Crippen LogP contribution in [0.4, 0.5) is 0 Å². The molecule has 0 saturated carbocycles. The number of nitrogens with one attached hydrogen (secondary N) is 1. The van der Waals surface area contributed by atoms with Crippen molar-refractivity contribution in [1.29, 1.82) is 0 Å². The maximum absolute atomic E-state index is 5.32. The first-order valence-corrected chi connectivity index (χ1v) is 10.1. The molecule has 1 unspecified atom stereocenters. The average Bonchev–Trinajstić information content (AvgIpc) is 3.27. The molecule has 2 aromatic rings. The van der Waals surface area contributed by atoms with Crippen molar-refractivity contribution in [3.63, 3.8) is 0 Å². The molecular weight excluding hydrogens is 354 g/mol. The third-order valence-corrected chi connectivity index (χ3v) is 5.91. The van der Waals surface area contributed by atoms with E-state index in [1.54, 1.807) is 36.8 Å². The van der Waals surface area contributed by atoms with Crippen LogP contribution in [0.2, 0.25) is 0 Å². The summed E-state index contributed by atoms with van der Waals surface area (Å²) in [6, 6.07) is 0. The molecule has 0 amide bonds. The third-order valence-electron chi connectivity index (χ3n) is 3.81. The molecule has 0 aliphatic heterocycles. The Hall–Kier alpha value is -1.51. The molecule has 25 heavy (non-hydrogen) atoms. The van der Waals surface area contributed by atoms with E-state index in [0.717, 1.165) is 41.7 Å². The third kappa shape index (κ3) is 5.76. The van der Waals surface area contributed by atoms with Gasteiger partial charge in [0.2, 0.25) is 0 Å². The predicted molar refractivity (Wildman–Crippen MR) is 106 cm³/mol. The number of hydrogen-bond acceptors (Lipinski definition) is 6. The number of aliphatic imine (C=N–C) groups is 1. The molecule has 0 aliphatic rings. The Morgan fingerprint density at radius 2 is 2.08 bits per heavy atom. The second-order valence-corrected chi connectivity index (χ2v) is 7.55. The fraction of sp³-hybridized carbons (Fsp3) is 0.588. The standard InChI is InChI=1S/C17H27N5OS2/c1-6-15-20-13(10-24-15)7-8-19-17(18-3)22(4)9-14-11-25-16(21-14)12(2)23-5/h10-12H,6-9H2,1-5H3,(H,18,19). The molecule has 8 heteroatoms. The zero-order valence-electron chi connectivity index (χ0n) is 15.6. The van der Waals surface area contributed by atoms with Crippen LogP contribution in [-0.4, -0.2) is 48.6 Å². The molecule has 0 fully saturated rings. The SMILES string of the molecule is CCc1nc(CCNC(=NC)N(C)Cc2csc(C(C)OC)n2)cs1. The minimum atomic E-state index is 0.0348. The summed E-state index contributed by atoms with van der Waals surface area (Å²) in [6.07, 6.45) is 1.93. The molecule has 1 atom stereocenters. The number of hydrogen-bond donors (Lipinski definition) is 1. The molecule has 0 spiro atoms. The van der Waals surface area contributed by atoms with E-state index in [-0.39, 0.29) is 6.10 Å². The number of rotatable bonds is 8. The van der Waals surface area contributed by atoms with Gasteiger partial charge in [0.05, 0.1) is 22.9 Å². The minimum absolute atomic E-state index is 0.0348. The lowest BCUT2D eigenvalue weighted by Crippen LogP contribution is -2.39. The van der Waals surface area contributed by atoms with Crippen molar-refractivity contribution in [3.05, 3.63) is 32.2 Å². The van der Waals surface area contributed by atoms with Gasteiger partial charge in [0.25, 0.3) is 0 Å². The zero-order chi connectivity index (χ0) is 18.2. The Morgan fingerprint density at radius 1 is 1.32 bits per heavy atom. The van der Waals surface area contributed by atoms with Crippen LogP contribution in [-0.2, 0) is 24.1 Å². The van der Waals surface area contributed by atoms with Crippen LogP contribution in [0.15, 0.2) is 15.8 Å². The highest BCUT2D eigenvalue weighted by molar-refractivity contribution is 7.10. The van der Waals surface area contributed by atoms with Crippen LogP contribution in [0, 0.1) is 0 Å². The molecule has 2 rings (SSSR count). The van der Waals surface area contributed by atoms with Gasteiger partial charge in [0.15, 0.2) is 5.96 Å². The molecular formula is C17H27N5OS2. The number of ether oxygens (including phenoxy) is 1. The summed E-state index contributed by atoms with van der Waals surface area (Å²) in [5, 5.41) is 9.82. The van der Waals surface area contributed by atoms with Crippen molar-refractivity contribution in [2.24, 2.45) is 4.99 Å². The number of nitrogens with zero attached hydrogens (tertiary/aromatic N) is 4. The second-order valence-electron chi connectivity index (χ2n) is 5.72. The Kier molecular flexibility index (Phi) is 7.80. The lowest BCUT2D eigenvalue weighted by molar-refractivity contribution is 0.119. The van der Waals surface area contributed by atoms with Crippen molar-refractivity contribution in [2.45, 2.75) is 39.3 Å². The van der Waals surface area contributed by atoms with Gasteiger partial charge in [-0.15, -0.1) is 22.7 Å². The molecule has 2 aromatic heterocycles. The summed E-state index contributed by atoms with van der Waals surface area (Å²) in [5.74, 6) is 0.861. The Balaban J connectivity index is 1.83. The van der Waals surface area contributed by atoms with E-state index < -0.39 is 0 Å². The first-order valence-electron chi connectivity index (χ1n) is 8.39. The van der Waals surface area contributed by atoms with Gasteiger partial charge in [-0.3, -0.25) is 4.99 Å².